The molecule has 1 aliphatic heterocycles. The van der Waals surface area contributed by atoms with E-state index in [-0.39, 0.29) is 16.8 Å². The van der Waals surface area contributed by atoms with Crippen LogP contribution in [0, 0.1) is 0 Å². The number of rotatable bonds is 5. The molecule has 0 unspecified atom stereocenters. The van der Waals surface area contributed by atoms with Gasteiger partial charge in [-0.1, -0.05) is 17.2 Å². The molecule has 1 aliphatic rings. The lowest BCUT2D eigenvalue weighted by Gasteiger charge is -2.28. The van der Waals surface area contributed by atoms with E-state index in [0.717, 1.165) is 31.5 Å². The van der Waals surface area contributed by atoms with Crippen LogP contribution in [0.15, 0.2) is 46.0 Å². The molecule has 2 N–H and O–H groups in total. The molecule has 158 valence electrons. The Labute approximate surface area is 175 Å². The Balaban J connectivity index is 1.56. The van der Waals surface area contributed by atoms with Crippen molar-refractivity contribution in [2.24, 2.45) is 5.73 Å². The van der Waals surface area contributed by atoms with Crippen molar-refractivity contribution in [2.45, 2.75) is 42.9 Å². The summed E-state index contributed by atoms with van der Waals surface area (Å²) in [6.45, 7) is 4.88. The van der Waals surface area contributed by atoms with Crippen LogP contribution in [0.2, 0.25) is 0 Å². The van der Waals surface area contributed by atoms with E-state index in [2.05, 4.69) is 20.2 Å². The first-order valence-corrected chi connectivity index (χ1v) is 11.4. The van der Waals surface area contributed by atoms with Crippen LogP contribution in [-0.4, -0.2) is 53.0 Å². The van der Waals surface area contributed by atoms with Crippen LogP contribution in [0.3, 0.4) is 0 Å². The number of nitrogens with two attached hydrogens (primary N) is 1. The molecule has 2 aromatic heterocycles. The minimum atomic E-state index is -3.32. The van der Waals surface area contributed by atoms with E-state index in [9.17, 15) is 8.42 Å². The van der Waals surface area contributed by atoms with Gasteiger partial charge in [-0.15, -0.1) is 5.10 Å². The van der Waals surface area contributed by atoms with Crippen LogP contribution in [0.25, 0.3) is 22.8 Å². The lowest BCUT2D eigenvalue weighted by molar-refractivity contribution is 0.460. The van der Waals surface area contributed by atoms with Crippen LogP contribution in [-0.2, 0) is 9.84 Å². The number of anilines is 1. The number of hydrogen-bond acceptors (Lipinski definition) is 9. The van der Waals surface area contributed by atoms with Gasteiger partial charge < -0.3 is 15.1 Å². The number of sulfone groups is 1. The zero-order chi connectivity index (χ0) is 21.3. The summed E-state index contributed by atoms with van der Waals surface area (Å²) in [7, 11) is -3.32. The first-order chi connectivity index (χ1) is 14.3. The van der Waals surface area contributed by atoms with Gasteiger partial charge in [0.15, 0.2) is 9.84 Å². The SMILES string of the molecule is CC(C)S(=O)(=O)c1ccc(-c2cncc(-c3nnc(N4CCC(N)CC4)o3)n2)cc1. The number of aromatic nitrogens is 4. The molecule has 30 heavy (non-hydrogen) atoms. The summed E-state index contributed by atoms with van der Waals surface area (Å²) >= 11 is 0. The van der Waals surface area contributed by atoms with Gasteiger partial charge in [-0.2, -0.15) is 0 Å². The van der Waals surface area contributed by atoms with Crippen LogP contribution in [0.4, 0.5) is 6.01 Å². The Bertz CT molecular complexity index is 1120. The molecule has 1 fully saturated rings. The number of hydrogen-bond donors (Lipinski definition) is 1. The number of benzene rings is 1. The van der Waals surface area contributed by atoms with Gasteiger partial charge in [0, 0.05) is 24.7 Å². The van der Waals surface area contributed by atoms with Crippen molar-refractivity contribution >= 4 is 15.9 Å². The molecule has 1 aromatic carbocycles. The number of nitrogens with zero attached hydrogens (tertiary/aromatic N) is 5. The lowest BCUT2D eigenvalue weighted by Crippen LogP contribution is -2.39. The third-order valence-electron chi connectivity index (χ3n) is 5.18. The highest BCUT2D eigenvalue weighted by atomic mass is 32.2. The monoisotopic (exact) mass is 428 g/mol. The van der Waals surface area contributed by atoms with Crippen LogP contribution >= 0.6 is 0 Å². The molecule has 9 nitrogen and oxygen atoms in total. The molecule has 1 saturated heterocycles. The maximum Gasteiger partial charge on any atom is 0.318 e. The Morgan fingerprint density at radius 2 is 1.73 bits per heavy atom. The van der Waals surface area contributed by atoms with E-state index >= 15 is 0 Å². The zero-order valence-corrected chi connectivity index (χ0v) is 17.7. The summed E-state index contributed by atoms with van der Waals surface area (Å²) in [5.41, 5.74) is 7.74. The Morgan fingerprint density at radius 1 is 1.07 bits per heavy atom. The summed E-state index contributed by atoms with van der Waals surface area (Å²) in [5, 5.41) is 7.76. The largest absolute Gasteiger partial charge is 0.401 e. The average Bonchev–Trinajstić information content (AvgIpc) is 3.25. The van der Waals surface area contributed by atoms with Gasteiger partial charge in [0.1, 0.15) is 5.69 Å². The normalized spacial score (nSPS) is 15.7. The van der Waals surface area contributed by atoms with E-state index in [1.165, 1.54) is 0 Å². The van der Waals surface area contributed by atoms with Gasteiger partial charge in [-0.05, 0) is 38.8 Å². The summed E-state index contributed by atoms with van der Waals surface area (Å²) in [6.07, 6.45) is 4.94. The Morgan fingerprint density at radius 3 is 2.40 bits per heavy atom. The van der Waals surface area contributed by atoms with Gasteiger partial charge >= 0.3 is 6.01 Å². The standard InChI is InChI=1S/C20H24N6O3S/c1-13(2)30(27,28)16-5-3-14(4-6-16)17-11-22-12-18(23-17)19-24-25-20(29-19)26-9-7-15(21)8-10-26/h3-6,11-13,15H,7-10,21H2,1-2H3. The van der Waals surface area contributed by atoms with Crippen molar-refractivity contribution < 1.29 is 12.8 Å². The average molecular weight is 429 g/mol. The maximum atomic E-state index is 12.3. The molecular formula is C20H24N6O3S. The fraction of sp³-hybridized carbons (Fsp3) is 0.400. The van der Waals surface area contributed by atoms with Gasteiger partial charge in [-0.25, -0.2) is 13.4 Å². The second kappa shape index (κ2) is 8.11. The van der Waals surface area contributed by atoms with E-state index < -0.39 is 15.1 Å². The highest BCUT2D eigenvalue weighted by Gasteiger charge is 2.22. The molecule has 3 heterocycles. The summed E-state index contributed by atoms with van der Waals surface area (Å²) in [5.74, 6) is 0.285. The van der Waals surface area contributed by atoms with Crippen molar-refractivity contribution in [3.05, 3.63) is 36.7 Å². The van der Waals surface area contributed by atoms with Crippen molar-refractivity contribution in [3.63, 3.8) is 0 Å². The minimum Gasteiger partial charge on any atom is -0.401 e. The van der Waals surface area contributed by atoms with Crippen molar-refractivity contribution in [1.82, 2.24) is 20.2 Å². The molecule has 4 rings (SSSR count). The molecule has 3 aromatic rings. The smallest absolute Gasteiger partial charge is 0.318 e. The molecule has 0 saturated carbocycles. The van der Waals surface area contributed by atoms with Crippen molar-refractivity contribution in [1.29, 1.82) is 0 Å². The second-order valence-electron chi connectivity index (χ2n) is 7.62. The van der Waals surface area contributed by atoms with E-state index in [0.29, 0.717) is 17.4 Å². The topological polar surface area (TPSA) is 128 Å². The minimum absolute atomic E-state index is 0.216. The molecule has 0 spiro atoms. The first kappa shape index (κ1) is 20.4. The quantitative estimate of drug-likeness (QED) is 0.651. The lowest BCUT2D eigenvalue weighted by atomic mass is 10.1. The molecule has 10 heteroatoms. The van der Waals surface area contributed by atoms with Gasteiger partial charge in [0.2, 0.25) is 0 Å². The molecule has 0 aliphatic carbocycles. The summed E-state index contributed by atoms with van der Waals surface area (Å²) < 4.78 is 30.4. The first-order valence-electron chi connectivity index (χ1n) is 9.85. The molecule has 0 atom stereocenters. The highest BCUT2D eigenvalue weighted by molar-refractivity contribution is 7.92. The Kier molecular flexibility index (Phi) is 5.52. The van der Waals surface area contributed by atoms with E-state index in [1.807, 2.05) is 4.90 Å². The molecular weight excluding hydrogens is 404 g/mol. The fourth-order valence-electron chi connectivity index (χ4n) is 3.23. The maximum absolute atomic E-state index is 12.3. The third kappa shape index (κ3) is 4.05. The zero-order valence-electron chi connectivity index (χ0n) is 16.9. The van der Waals surface area contributed by atoms with Gasteiger partial charge in [-0.3, -0.25) is 4.98 Å². The third-order valence-corrected chi connectivity index (χ3v) is 7.35. The second-order valence-corrected chi connectivity index (χ2v) is 10.1. The van der Waals surface area contributed by atoms with E-state index in [4.69, 9.17) is 10.2 Å². The summed E-state index contributed by atoms with van der Waals surface area (Å²) in [4.78, 5) is 11.1. The van der Waals surface area contributed by atoms with Crippen molar-refractivity contribution in [2.75, 3.05) is 18.0 Å². The summed E-state index contributed by atoms with van der Waals surface area (Å²) in [6, 6.07) is 7.29. The number of piperidine rings is 1. The van der Waals surface area contributed by atoms with Gasteiger partial charge in [0.05, 0.1) is 28.2 Å². The molecule has 0 amide bonds. The Hall–Kier alpha value is -2.85. The fourth-order valence-corrected chi connectivity index (χ4v) is 4.29. The van der Waals surface area contributed by atoms with Crippen LogP contribution < -0.4 is 10.6 Å². The van der Waals surface area contributed by atoms with Crippen molar-refractivity contribution in [3.8, 4) is 22.8 Å². The highest BCUT2D eigenvalue weighted by Crippen LogP contribution is 2.26. The molecule has 0 bridgehead atoms. The van der Waals surface area contributed by atoms with E-state index in [1.54, 1.807) is 50.5 Å². The predicted molar refractivity (Wildman–Crippen MR) is 113 cm³/mol. The molecule has 0 radical (unpaired) electrons. The van der Waals surface area contributed by atoms with Crippen LogP contribution in [0.1, 0.15) is 26.7 Å². The predicted octanol–water partition coefficient (Wildman–Crippen LogP) is 2.30. The van der Waals surface area contributed by atoms with Gasteiger partial charge in [0.25, 0.3) is 5.89 Å². The van der Waals surface area contributed by atoms with Crippen LogP contribution in [0.5, 0.6) is 0 Å².